The molecule has 0 saturated carbocycles. The summed E-state index contributed by atoms with van der Waals surface area (Å²) < 4.78 is 10.8. The fourth-order valence-corrected chi connectivity index (χ4v) is 2.38. The number of ether oxygens (including phenoxy) is 2. The maximum absolute atomic E-state index is 12.2. The Bertz CT molecular complexity index is 879. The Labute approximate surface area is 151 Å². The highest BCUT2D eigenvalue weighted by molar-refractivity contribution is 5.91. The van der Waals surface area contributed by atoms with Gasteiger partial charge in [0, 0.05) is 0 Å². The minimum Gasteiger partial charge on any atom is -0.508 e. The van der Waals surface area contributed by atoms with Crippen LogP contribution < -0.4 is 9.47 Å². The number of aromatic hydroxyl groups is 1. The van der Waals surface area contributed by atoms with Gasteiger partial charge in [-0.25, -0.2) is 4.79 Å². The average Bonchev–Trinajstić information content (AvgIpc) is 2.68. The molecule has 3 aromatic carbocycles. The van der Waals surface area contributed by atoms with Gasteiger partial charge in [-0.3, -0.25) is 0 Å². The highest BCUT2D eigenvalue weighted by Crippen LogP contribution is 2.24. The molecular formula is C22H18O4. The van der Waals surface area contributed by atoms with Gasteiger partial charge in [-0.05, 0) is 59.7 Å². The Morgan fingerprint density at radius 1 is 0.846 bits per heavy atom. The van der Waals surface area contributed by atoms with E-state index in [0.29, 0.717) is 23.7 Å². The molecule has 4 heteroatoms. The molecule has 4 nitrogen and oxygen atoms in total. The lowest BCUT2D eigenvalue weighted by Gasteiger charge is -2.07. The predicted octanol–water partition coefficient (Wildman–Crippen LogP) is 4.84. The van der Waals surface area contributed by atoms with E-state index in [9.17, 15) is 9.90 Å². The highest BCUT2D eigenvalue weighted by Gasteiger charge is 2.09. The van der Waals surface area contributed by atoms with Gasteiger partial charge in [-0.15, -0.1) is 0 Å². The SMILES string of the molecule is C=CCOc1ccc(C(=O)Oc2ccc(-c3ccc(O)cc3)cc2)cc1. The monoisotopic (exact) mass is 346 g/mol. The molecule has 130 valence electrons. The number of benzene rings is 3. The summed E-state index contributed by atoms with van der Waals surface area (Å²) in [5.41, 5.74) is 2.38. The minimum atomic E-state index is -0.433. The maximum atomic E-state index is 12.2. The van der Waals surface area contributed by atoms with Crippen LogP contribution >= 0.6 is 0 Å². The van der Waals surface area contributed by atoms with Crippen LogP contribution in [0.4, 0.5) is 0 Å². The highest BCUT2D eigenvalue weighted by atomic mass is 16.5. The topological polar surface area (TPSA) is 55.8 Å². The summed E-state index contributed by atoms with van der Waals surface area (Å²) in [4.78, 5) is 12.2. The first-order valence-electron chi connectivity index (χ1n) is 8.11. The lowest BCUT2D eigenvalue weighted by Crippen LogP contribution is -2.08. The summed E-state index contributed by atoms with van der Waals surface area (Å²) >= 11 is 0. The second kappa shape index (κ2) is 8.03. The van der Waals surface area contributed by atoms with E-state index in [1.165, 1.54) is 0 Å². The zero-order valence-corrected chi connectivity index (χ0v) is 14.1. The fourth-order valence-electron chi connectivity index (χ4n) is 2.38. The zero-order valence-electron chi connectivity index (χ0n) is 14.1. The molecule has 0 saturated heterocycles. The molecule has 0 atom stereocenters. The van der Waals surface area contributed by atoms with Gasteiger partial charge >= 0.3 is 5.97 Å². The van der Waals surface area contributed by atoms with Crippen molar-refractivity contribution in [2.75, 3.05) is 6.61 Å². The molecule has 0 bridgehead atoms. The Hall–Kier alpha value is -3.53. The van der Waals surface area contributed by atoms with Gasteiger partial charge in [-0.2, -0.15) is 0 Å². The number of rotatable bonds is 6. The third-order valence-corrected chi connectivity index (χ3v) is 3.72. The molecule has 3 rings (SSSR count). The summed E-state index contributed by atoms with van der Waals surface area (Å²) in [6.45, 7) is 4.00. The third-order valence-electron chi connectivity index (χ3n) is 3.72. The second-order valence-electron chi connectivity index (χ2n) is 5.58. The minimum absolute atomic E-state index is 0.222. The maximum Gasteiger partial charge on any atom is 0.343 e. The molecule has 0 fully saturated rings. The Morgan fingerprint density at radius 2 is 1.38 bits per heavy atom. The van der Waals surface area contributed by atoms with Crippen LogP contribution in [-0.2, 0) is 0 Å². The number of carbonyl (C=O) groups excluding carboxylic acids is 1. The molecule has 0 aromatic heterocycles. The standard InChI is InChI=1S/C22H18O4/c1-2-15-25-20-11-7-18(8-12-20)22(24)26-21-13-5-17(6-14-21)16-3-9-19(23)10-4-16/h2-14,23H,1,15H2. The van der Waals surface area contributed by atoms with Crippen molar-refractivity contribution < 1.29 is 19.4 Å². The molecule has 0 unspecified atom stereocenters. The summed E-state index contributed by atoms with van der Waals surface area (Å²) in [6.07, 6.45) is 1.66. The van der Waals surface area contributed by atoms with Gasteiger partial charge in [0.25, 0.3) is 0 Å². The van der Waals surface area contributed by atoms with Crippen molar-refractivity contribution in [3.05, 3.63) is 91.0 Å². The van der Waals surface area contributed by atoms with Gasteiger partial charge in [-0.1, -0.05) is 36.9 Å². The number of carbonyl (C=O) groups is 1. The summed E-state index contributed by atoms with van der Waals surface area (Å²) in [5, 5.41) is 9.35. The Morgan fingerprint density at radius 3 is 1.96 bits per heavy atom. The van der Waals surface area contributed by atoms with Gasteiger partial charge in [0.05, 0.1) is 5.56 Å². The average molecular weight is 346 g/mol. The van der Waals surface area contributed by atoms with E-state index in [0.717, 1.165) is 11.1 Å². The molecule has 26 heavy (non-hydrogen) atoms. The number of phenolic OH excluding ortho intramolecular Hbond substituents is 1. The third kappa shape index (κ3) is 4.30. The van der Waals surface area contributed by atoms with E-state index < -0.39 is 5.97 Å². The molecule has 0 aliphatic carbocycles. The van der Waals surface area contributed by atoms with Crippen LogP contribution in [0.3, 0.4) is 0 Å². The van der Waals surface area contributed by atoms with Gasteiger partial charge in [0.15, 0.2) is 0 Å². The molecule has 1 N–H and O–H groups in total. The van der Waals surface area contributed by atoms with Crippen LogP contribution in [0.5, 0.6) is 17.2 Å². The molecule has 0 heterocycles. The van der Waals surface area contributed by atoms with Gasteiger partial charge in [0.2, 0.25) is 0 Å². The van der Waals surface area contributed by atoms with Crippen molar-refractivity contribution in [3.63, 3.8) is 0 Å². The quantitative estimate of drug-likeness (QED) is 0.394. The number of phenols is 1. The molecule has 0 radical (unpaired) electrons. The number of hydrogen-bond acceptors (Lipinski definition) is 4. The Kier molecular flexibility index (Phi) is 5.34. The zero-order chi connectivity index (χ0) is 18.4. The summed E-state index contributed by atoms with van der Waals surface area (Å²) in [7, 11) is 0. The molecule has 0 aliphatic rings. The van der Waals surface area contributed by atoms with Crippen LogP contribution in [0.2, 0.25) is 0 Å². The lowest BCUT2D eigenvalue weighted by atomic mass is 10.1. The predicted molar refractivity (Wildman–Crippen MR) is 101 cm³/mol. The van der Waals surface area contributed by atoms with Crippen LogP contribution in [0, 0.1) is 0 Å². The Balaban J connectivity index is 1.65. The van der Waals surface area contributed by atoms with Gasteiger partial charge in [0.1, 0.15) is 23.9 Å². The van der Waals surface area contributed by atoms with Crippen LogP contribution in [0.25, 0.3) is 11.1 Å². The smallest absolute Gasteiger partial charge is 0.343 e. The van der Waals surface area contributed by atoms with Crippen molar-refractivity contribution in [3.8, 4) is 28.4 Å². The lowest BCUT2D eigenvalue weighted by molar-refractivity contribution is 0.0734. The van der Waals surface area contributed by atoms with E-state index in [2.05, 4.69) is 6.58 Å². The van der Waals surface area contributed by atoms with Crippen molar-refractivity contribution in [2.24, 2.45) is 0 Å². The van der Waals surface area contributed by atoms with Crippen LogP contribution in [0.15, 0.2) is 85.5 Å². The first kappa shape index (κ1) is 17.3. The summed E-state index contributed by atoms with van der Waals surface area (Å²) in [6, 6.07) is 20.9. The van der Waals surface area contributed by atoms with Crippen molar-refractivity contribution >= 4 is 5.97 Å². The largest absolute Gasteiger partial charge is 0.508 e. The fraction of sp³-hybridized carbons (Fsp3) is 0.0455. The summed E-state index contributed by atoms with van der Waals surface area (Å²) in [5.74, 6) is 0.919. The number of hydrogen-bond donors (Lipinski definition) is 1. The first-order chi connectivity index (χ1) is 12.7. The molecule has 0 spiro atoms. The first-order valence-corrected chi connectivity index (χ1v) is 8.11. The van der Waals surface area contributed by atoms with E-state index in [1.807, 2.05) is 24.3 Å². The molecular weight excluding hydrogens is 328 g/mol. The second-order valence-corrected chi connectivity index (χ2v) is 5.58. The molecule has 0 amide bonds. The van der Waals surface area contributed by atoms with Crippen molar-refractivity contribution in [1.82, 2.24) is 0 Å². The van der Waals surface area contributed by atoms with Crippen molar-refractivity contribution in [1.29, 1.82) is 0 Å². The van der Waals surface area contributed by atoms with Crippen molar-refractivity contribution in [2.45, 2.75) is 0 Å². The van der Waals surface area contributed by atoms with E-state index >= 15 is 0 Å². The van der Waals surface area contributed by atoms with E-state index in [-0.39, 0.29) is 5.75 Å². The molecule has 3 aromatic rings. The van der Waals surface area contributed by atoms with Crippen LogP contribution in [-0.4, -0.2) is 17.7 Å². The molecule has 0 aliphatic heterocycles. The van der Waals surface area contributed by atoms with Crippen LogP contribution in [0.1, 0.15) is 10.4 Å². The van der Waals surface area contributed by atoms with E-state index in [1.54, 1.807) is 54.6 Å². The number of esters is 1. The van der Waals surface area contributed by atoms with Gasteiger partial charge < -0.3 is 14.6 Å². The normalized spacial score (nSPS) is 10.2. The van der Waals surface area contributed by atoms with E-state index in [4.69, 9.17) is 9.47 Å².